The number of carbonyl (C=O) groups is 3. The lowest BCUT2D eigenvalue weighted by atomic mass is 9.88. The number of esters is 1. The Hall–Kier alpha value is -1.99. The van der Waals surface area contributed by atoms with Gasteiger partial charge in [-0.2, -0.15) is 0 Å². The monoisotopic (exact) mass is 513 g/mol. The van der Waals surface area contributed by atoms with Crippen molar-refractivity contribution < 1.29 is 74.2 Å². The van der Waals surface area contributed by atoms with Gasteiger partial charge in [-0.3, -0.25) is 9.59 Å². The van der Waals surface area contributed by atoms with Gasteiger partial charge >= 0.3 is 11.9 Å². The third-order valence-electron chi connectivity index (χ3n) is 5.65. The zero-order valence-corrected chi connectivity index (χ0v) is 18.8. The number of nitrogens with one attached hydrogen (secondary N) is 1. The van der Waals surface area contributed by atoms with Gasteiger partial charge in [0.15, 0.2) is 6.29 Å². The van der Waals surface area contributed by atoms with Gasteiger partial charge in [-0.1, -0.05) is 0 Å². The predicted octanol–water partition coefficient (Wildman–Crippen LogP) is -5.48. The molecule has 2 heterocycles. The highest BCUT2D eigenvalue weighted by Crippen LogP contribution is 2.36. The maximum Gasteiger partial charge on any atom is 0.364 e. The van der Waals surface area contributed by atoms with E-state index in [4.69, 9.17) is 18.9 Å². The normalized spacial score (nSPS) is 39.3. The smallest absolute Gasteiger partial charge is 0.364 e. The van der Waals surface area contributed by atoms with Gasteiger partial charge in [-0.15, -0.1) is 0 Å². The van der Waals surface area contributed by atoms with Crippen LogP contribution in [0, 0.1) is 0 Å². The molecule has 0 aliphatic carbocycles. The van der Waals surface area contributed by atoms with E-state index in [1.807, 2.05) is 0 Å². The van der Waals surface area contributed by atoms with Gasteiger partial charge in [0.25, 0.3) is 5.79 Å². The molecular formula is C19H31NO15. The molecule has 1 unspecified atom stereocenters. The van der Waals surface area contributed by atoms with Crippen LogP contribution in [-0.2, 0) is 33.3 Å². The third-order valence-corrected chi connectivity index (χ3v) is 5.65. The first-order chi connectivity index (χ1) is 16.2. The first-order valence-electron chi connectivity index (χ1n) is 10.6. The summed E-state index contributed by atoms with van der Waals surface area (Å²) in [7, 11) is 0. The Labute approximate surface area is 198 Å². The Morgan fingerprint density at radius 2 is 1.71 bits per heavy atom. The summed E-state index contributed by atoms with van der Waals surface area (Å²) in [5, 5.41) is 81.2. The number of rotatable bonds is 9. The molecule has 2 saturated heterocycles. The van der Waals surface area contributed by atoms with Crippen LogP contribution < -0.4 is 5.32 Å². The van der Waals surface area contributed by atoms with Crippen LogP contribution in [0.15, 0.2) is 0 Å². The number of aliphatic hydroxyl groups excluding tert-OH is 7. The number of hydrogen-bond donors (Lipinski definition) is 9. The molecule has 2 rings (SSSR count). The summed E-state index contributed by atoms with van der Waals surface area (Å²) >= 11 is 0. The quantitative estimate of drug-likeness (QED) is 0.130. The Morgan fingerprint density at radius 3 is 2.23 bits per heavy atom. The van der Waals surface area contributed by atoms with Crippen LogP contribution in [0.5, 0.6) is 0 Å². The van der Waals surface area contributed by atoms with E-state index in [0.29, 0.717) is 0 Å². The highest BCUT2D eigenvalue weighted by atomic mass is 16.7. The number of hydrogen-bond acceptors (Lipinski definition) is 14. The van der Waals surface area contributed by atoms with Gasteiger partial charge in [0.2, 0.25) is 5.91 Å². The van der Waals surface area contributed by atoms with Gasteiger partial charge in [0.05, 0.1) is 25.7 Å². The molecular weight excluding hydrogens is 482 g/mol. The second-order valence-electron chi connectivity index (χ2n) is 8.31. The molecule has 0 radical (unpaired) electrons. The van der Waals surface area contributed by atoms with Crippen molar-refractivity contribution in [3.63, 3.8) is 0 Å². The molecule has 11 atom stereocenters. The molecule has 9 N–H and O–H groups in total. The minimum absolute atomic E-state index is 0.685. The first kappa shape index (κ1) is 29.2. The topological polar surface area (TPSA) is 262 Å². The fraction of sp³-hybridized carbons (Fsp3) is 0.842. The summed E-state index contributed by atoms with van der Waals surface area (Å²) in [5.41, 5.74) is 0. The molecule has 2 aliphatic rings. The number of ether oxygens (including phenoxy) is 4. The van der Waals surface area contributed by atoms with Crippen molar-refractivity contribution in [2.24, 2.45) is 0 Å². The summed E-state index contributed by atoms with van der Waals surface area (Å²) < 4.78 is 20.9. The molecule has 1 amide bonds. The van der Waals surface area contributed by atoms with Crippen LogP contribution in [0.2, 0.25) is 0 Å². The molecule has 35 heavy (non-hydrogen) atoms. The number of carboxylic acid groups (broad SMARTS) is 1. The molecule has 0 aromatic heterocycles. The largest absolute Gasteiger partial charge is 0.477 e. The second kappa shape index (κ2) is 11.8. The third kappa shape index (κ3) is 6.62. The van der Waals surface area contributed by atoms with Gasteiger partial charge in [-0.25, -0.2) is 4.79 Å². The Kier molecular flexibility index (Phi) is 9.88. The van der Waals surface area contributed by atoms with E-state index in [2.05, 4.69) is 5.32 Å². The van der Waals surface area contributed by atoms with Crippen molar-refractivity contribution in [3.8, 4) is 0 Å². The fourth-order valence-electron chi connectivity index (χ4n) is 3.87. The van der Waals surface area contributed by atoms with Gasteiger partial charge in [0.1, 0.15) is 48.8 Å². The maximum absolute atomic E-state index is 12.3. The number of carbonyl (C=O) groups excluding carboxylic acids is 2. The lowest BCUT2D eigenvalue weighted by Gasteiger charge is -2.48. The molecule has 0 bridgehead atoms. The molecule has 0 spiro atoms. The van der Waals surface area contributed by atoms with E-state index >= 15 is 0 Å². The summed E-state index contributed by atoms with van der Waals surface area (Å²) in [6.07, 6.45) is -17.0. The highest BCUT2D eigenvalue weighted by Gasteiger charge is 2.58. The first-order valence-corrected chi connectivity index (χ1v) is 10.6. The zero-order valence-electron chi connectivity index (χ0n) is 18.8. The van der Waals surface area contributed by atoms with E-state index in [0.717, 1.165) is 13.8 Å². The number of carboxylic acids is 1. The summed E-state index contributed by atoms with van der Waals surface area (Å²) in [5.74, 6) is -6.12. The number of amides is 1. The van der Waals surface area contributed by atoms with E-state index in [9.17, 15) is 55.2 Å². The number of aliphatic hydroxyl groups is 7. The molecule has 0 saturated carbocycles. The Bertz CT molecular complexity index is 767. The van der Waals surface area contributed by atoms with E-state index in [1.54, 1.807) is 0 Å². The second-order valence-corrected chi connectivity index (χ2v) is 8.31. The SMILES string of the molecule is CC(=O)N[C@H]1[C@H]([C@H](O)[C@H](O)CO)O[C@@](OC[C@H]2OC(O)[C@H](O)[C@@H](O)[C@H]2O)(C(=O)O)C[C@@H]1OC(C)=O. The van der Waals surface area contributed by atoms with Crippen molar-refractivity contribution in [1.82, 2.24) is 5.32 Å². The minimum atomic E-state index is -2.73. The highest BCUT2D eigenvalue weighted by molar-refractivity contribution is 5.77. The van der Waals surface area contributed by atoms with Crippen LogP contribution in [0.25, 0.3) is 0 Å². The van der Waals surface area contributed by atoms with Crippen LogP contribution in [-0.4, -0.2) is 139 Å². The van der Waals surface area contributed by atoms with E-state index in [-0.39, 0.29) is 0 Å². The number of aliphatic carboxylic acids is 1. The van der Waals surface area contributed by atoms with Crippen molar-refractivity contribution in [2.75, 3.05) is 13.2 Å². The standard InChI is InChI=1S/C19H31NO15/c1-6(22)20-11-9(33-7(2)23)3-19(18(30)31,35-16(11)12(25)8(24)4-21)32-5-10-13(26)14(27)15(28)17(29)34-10/h8-17,21,24-29H,3-5H2,1-2H3,(H,20,22)(H,30,31)/t8-,9+,10-,11-,12-,13+,14+,15-,16-,17?,19-/m1/s1. The van der Waals surface area contributed by atoms with E-state index < -0.39 is 104 Å². The average Bonchev–Trinajstić information content (AvgIpc) is 2.78. The van der Waals surface area contributed by atoms with Gasteiger partial charge in [0, 0.05) is 13.8 Å². The van der Waals surface area contributed by atoms with Crippen LogP contribution in [0.1, 0.15) is 20.3 Å². The lowest BCUT2D eigenvalue weighted by molar-refractivity contribution is -0.334. The van der Waals surface area contributed by atoms with E-state index in [1.165, 1.54) is 0 Å². The summed E-state index contributed by atoms with van der Waals surface area (Å²) in [6.45, 7) is 0.251. The van der Waals surface area contributed by atoms with Gasteiger partial charge < -0.3 is 65.1 Å². The van der Waals surface area contributed by atoms with Crippen molar-refractivity contribution in [3.05, 3.63) is 0 Å². The van der Waals surface area contributed by atoms with Gasteiger partial charge in [-0.05, 0) is 0 Å². The summed E-state index contributed by atoms with van der Waals surface area (Å²) in [4.78, 5) is 35.7. The van der Waals surface area contributed by atoms with Crippen molar-refractivity contribution >= 4 is 17.8 Å². The molecule has 16 heteroatoms. The van der Waals surface area contributed by atoms with Crippen LogP contribution >= 0.6 is 0 Å². The molecule has 16 nitrogen and oxygen atoms in total. The van der Waals surface area contributed by atoms with Crippen LogP contribution in [0.3, 0.4) is 0 Å². The molecule has 2 aliphatic heterocycles. The summed E-state index contributed by atoms with van der Waals surface area (Å²) in [6, 6.07) is -1.39. The molecule has 2 fully saturated rings. The Balaban J connectivity index is 2.40. The zero-order chi connectivity index (χ0) is 26.7. The fourth-order valence-corrected chi connectivity index (χ4v) is 3.87. The molecule has 0 aromatic carbocycles. The molecule has 202 valence electrons. The van der Waals surface area contributed by atoms with Crippen LogP contribution in [0.4, 0.5) is 0 Å². The predicted molar refractivity (Wildman–Crippen MR) is 107 cm³/mol. The minimum Gasteiger partial charge on any atom is -0.477 e. The van der Waals surface area contributed by atoms with Crippen molar-refractivity contribution in [1.29, 1.82) is 0 Å². The lowest BCUT2D eigenvalue weighted by Crippen LogP contribution is -2.69. The van der Waals surface area contributed by atoms with Crippen molar-refractivity contribution in [2.45, 2.75) is 87.2 Å². The maximum atomic E-state index is 12.3. The Morgan fingerprint density at radius 1 is 1.09 bits per heavy atom. The average molecular weight is 513 g/mol. The molecule has 0 aromatic rings.